The molecular formula is C23H14N2. The van der Waals surface area contributed by atoms with Crippen LogP contribution in [0.2, 0.25) is 0 Å². The van der Waals surface area contributed by atoms with E-state index in [0.29, 0.717) is 0 Å². The number of pyridine rings is 2. The lowest BCUT2D eigenvalue weighted by molar-refractivity contribution is 0.789. The average molecular weight is 318 g/mol. The highest BCUT2D eigenvalue weighted by atomic mass is 14.8. The molecule has 0 saturated carbocycles. The molecule has 0 aliphatic heterocycles. The van der Waals surface area contributed by atoms with Crippen molar-refractivity contribution in [2.75, 3.05) is 0 Å². The number of hydrogen-bond donors (Lipinski definition) is 0. The van der Waals surface area contributed by atoms with E-state index in [0.717, 1.165) is 11.4 Å². The summed E-state index contributed by atoms with van der Waals surface area (Å²) in [7, 11) is 0. The van der Waals surface area contributed by atoms with E-state index in [1.807, 2.05) is 24.5 Å². The lowest BCUT2D eigenvalue weighted by atomic mass is 9.71. The molecule has 6 rings (SSSR count). The monoisotopic (exact) mass is 318 g/mol. The Hall–Kier alpha value is -3.26. The third kappa shape index (κ3) is 1.38. The summed E-state index contributed by atoms with van der Waals surface area (Å²) >= 11 is 0. The Kier molecular flexibility index (Phi) is 2.31. The molecule has 1 spiro atoms. The van der Waals surface area contributed by atoms with Crippen molar-refractivity contribution in [1.29, 1.82) is 0 Å². The summed E-state index contributed by atoms with van der Waals surface area (Å²) in [4.78, 5) is 9.49. The van der Waals surface area contributed by atoms with Crippen molar-refractivity contribution in [2.24, 2.45) is 0 Å². The molecule has 116 valence electrons. The van der Waals surface area contributed by atoms with Crippen molar-refractivity contribution in [3.63, 3.8) is 0 Å². The highest BCUT2D eigenvalue weighted by molar-refractivity contribution is 5.92. The van der Waals surface area contributed by atoms with Gasteiger partial charge in [0.15, 0.2) is 0 Å². The molecule has 2 heterocycles. The highest BCUT2D eigenvalue weighted by Crippen LogP contribution is 2.61. The maximum atomic E-state index is 4.74. The van der Waals surface area contributed by atoms with Gasteiger partial charge in [-0.1, -0.05) is 60.7 Å². The van der Waals surface area contributed by atoms with E-state index >= 15 is 0 Å². The minimum atomic E-state index is -0.305. The van der Waals surface area contributed by atoms with Crippen LogP contribution >= 0.6 is 0 Å². The van der Waals surface area contributed by atoms with Gasteiger partial charge in [-0.2, -0.15) is 0 Å². The molecule has 2 aliphatic carbocycles. The fourth-order valence-electron chi connectivity index (χ4n) is 4.75. The Morgan fingerprint density at radius 3 is 1.44 bits per heavy atom. The smallest absolute Gasteiger partial charge is 0.0757 e. The van der Waals surface area contributed by atoms with E-state index in [1.165, 1.54) is 33.4 Å². The van der Waals surface area contributed by atoms with Gasteiger partial charge in [-0.25, -0.2) is 0 Å². The molecule has 0 saturated heterocycles. The summed E-state index contributed by atoms with van der Waals surface area (Å²) in [5.74, 6) is 0. The quantitative estimate of drug-likeness (QED) is 0.401. The Bertz CT molecular complexity index is 972. The fraction of sp³-hybridized carbons (Fsp3) is 0.0435. The number of fused-ring (bicyclic) bond motifs is 10. The first-order chi connectivity index (χ1) is 12.4. The molecule has 25 heavy (non-hydrogen) atoms. The maximum absolute atomic E-state index is 4.74. The molecule has 4 aromatic rings. The van der Waals surface area contributed by atoms with Crippen LogP contribution in [0.5, 0.6) is 0 Å². The van der Waals surface area contributed by atoms with Gasteiger partial charge in [-0.15, -0.1) is 0 Å². The Balaban J connectivity index is 1.89. The zero-order valence-electron chi connectivity index (χ0n) is 13.5. The zero-order valence-corrected chi connectivity index (χ0v) is 13.5. The van der Waals surface area contributed by atoms with Gasteiger partial charge in [0.2, 0.25) is 0 Å². The maximum Gasteiger partial charge on any atom is 0.0757 e. The van der Waals surface area contributed by atoms with Crippen molar-refractivity contribution >= 4 is 0 Å². The fourth-order valence-corrected chi connectivity index (χ4v) is 4.75. The highest BCUT2D eigenvalue weighted by Gasteiger charge is 2.52. The minimum Gasteiger partial charge on any atom is -0.256 e. The Morgan fingerprint density at radius 2 is 0.920 bits per heavy atom. The molecule has 0 bridgehead atoms. The molecule has 0 unspecified atom stereocenters. The molecule has 0 fully saturated rings. The number of aromatic nitrogens is 2. The molecule has 2 heteroatoms. The third-order valence-corrected chi connectivity index (χ3v) is 5.60. The Labute approximate surface area is 145 Å². The minimum absolute atomic E-state index is 0.305. The summed E-state index contributed by atoms with van der Waals surface area (Å²) < 4.78 is 0. The van der Waals surface area contributed by atoms with Crippen LogP contribution in [-0.2, 0) is 5.41 Å². The topological polar surface area (TPSA) is 25.8 Å². The number of benzene rings is 2. The van der Waals surface area contributed by atoms with E-state index in [9.17, 15) is 0 Å². The summed E-state index contributed by atoms with van der Waals surface area (Å²) in [6.07, 6.45) is 3.78. The lowest BCUT2D eigenvalue weighted by Gasteiger charge is -2.29. The molecule has 0 radical (unpaired) electrons. The molecular weight excluding hydrogens is 304 g/mol. The van der Waals surface area contributed by atoms with E-state index in [-0.39, 0.29) is 5.41 Å². The van der Waals surface area contributed by atoms with Gasteiger partial charge >= 0.3 is 0 Å². The zero-order chi connectivity index (χ0) is 16.4. The molecule has 2 nitrogen and oxygen atoms in total. The summed E-state index contributed by atoms with van der Waals surface area (Å²) in [6, 6.07) is 25.9. The largest absolute Gasteiger partial charge is 0.256 e. The van der Waals surface area contributed by atoms with E-state index < -0.39 is 0 Å². The van der Waals surface area contributed by atoms with E-state index in [2.05, 4.69) is 60.7 Å². The molecule has 2 aromatic heterocycles. The van der Waals surface area contributed by atoms with Gasteiger partial charge in [0, 0.05) is 23.5 Å². The summed E-state index contributed by atoms with van der Waals surface area (Å²) in [5, 5.41) is 0. The first kappa shape index (κ1) is 13.1. The van der Waals surface area contributed by atoms with E-state index in [4.69, 9.17) is 9.97 Å². The third-order valence-electron chi connectivity index (χ3n) is 5.60. The van der Waals surface area contributed by atoms with Crippen molar-refractivity contribution in [3.05, 3.63) is 107 Å². The lowest BCUT2D eigenvalue weighted by Crippen LogP contribution is -2.25. The van der Waals surface area contributed by atoms with Crippen molar-refractivity contribution < 1.29 is 0 Å². The van der Waals surface area contributed by atoms with Gasteiger partial charge in [0.05, 0.1) is 16.8 Å². The average Bonchev–Trinajstić information content (AvgIpc) is 3.16. The van der Waals surface area contributed by atoms with Crippen LogP contribution in [0.25, 0.3) is 22.5 Å². The molecule has 0 atom stereocenters. The van der Waals surface area contributed by atoms with Crippen LogP contribution < -0.4 is 0 Å². The van der Waals surface area contributed by atoms with Gasteiger partial charge in [-0.3, -0.25) is 9.97 Å². The van der Waals surface area contributed by atoms with Gasteiger partial charge in [0.25, 0.3) is 0 Å². The van der Waals surface area contributed by atoms with Crippen LogP contribution in [0.15, 0.2) is 85.2 Å². The number of nitrogens with zero attached hydrogens (tertiary/aromatic N) is 2. The first-order valence-corrected chi connectivity index (χ1v) is 8.53. The number of hydrogen-bond acceptors (Lipinski definition) is 2. The van der Waals surface area contributed by atoms with Crippen LogP contribution in [0.3, 0.4) is 0 Å². The van der Waals surface area contributed by atoms with E-state index in [1.54, 1.807) is 0 Å². The standard InChI is InChI=1S/C23H14N2/c1-3-9-17-15(7-1)21-19(11-5-13-24-21)23(17)18-10-4-2-8-16(18)22-20(23)12-6-14-25-22/h1-14H. The van der Waals surface area contributed by atoms with Gasteiger partial charge in [0.1, 0.15) is 0 Å². The predicted octanol–water partition coefficient (Wildman–Crippen LogP) is 4.82. The Morgan fingerprint density at radius 1 is 0.480 bits per heavy atom. The van der Waals surface area contributed by atoms with Crippen LogP contribution in [0.4, 0.5) is 0 Å². The van der Waals surface area contributed by atoms with Crippen molar-refractivity contribution in [1.82, 2.24) is 9.97 Å². The number of rotatable bonds is 0. The second-order valence-electron chi connectivity index (χ2n) is 6.64. The van der Waals surface area contributed by atoms with Crippen molar-refractivity contribution in [3.8, 4) is 22.5 Å². The predicted molar refractivity (Wildman–Crippen MR) is 98.3 cm³/mol. The molecule has 2 aliphatic rings. The van der Waals surface area contributed by atoms with Gasteiger partial charge < -0.3 is 0 Å². The SMILES string of the molecule is c1ccc2c(c1)-c1ncccc1C21c2ccccc2-c2ncccc21. The summed E-state index contributed by atoms with van der Waals surface area (Å²) in [5.41, 5.74) is 9.46. The van der Waals surface area contributed by atoms with Crippen LogP contribution in [-0.4, -0.2) is 9.97 Å². The van der Waals surface area contributed by atoms with Crippen molar-refractivity contribution in [2.45, 2.75) is 5.41 Å². The molecule has 0 amide bonds. The first-order valence-electron chi connectivity index (χ1n) is 8.53. The van der Waals surface area contributed by atoms with Crippen LogP contribution in [0, 0.1) is 0 Å². The summed E-state index contributed by atoms with van der Waals surface area (Å²) in [6.45, 7) is 0. The molecule has 0 N–H and O–H groups in total. The second kappa shape index (κ2) is 4.42. The molecule has 2 aromatic carbocycles. The normalized spacial score (nSPS) is 14.7. The second-order valence-corrected chi connectivity index (χ2v) is 6.64. The van der Waals surface area contributed by atoms with Gasteiger partial charge in [-0.05, 0) is 34.4 Å². The van der Waals surface area contributed by atoms with Crippen LogP contribution in [0.1, 0.15) is 22.3 Å².